The molecular formula is C27H22ClNO7. The summed E-state index contributed by atoms with van der Waals surface area (Å²) in [4.78, 5) is 28.1. The molecule has 1 unspecified atom stereocenters. The van der Waals surface area contributed by atoms with Crippen LogP contribution < -0.4 is 23.8 Å². The van der Waals surface area contributed by atoms with Crippen molar-refractivity contribution in [2.24, 2.45) is 0 Å². The molecule has 1 fully saturated rings. The van der Waals surface area contributed by atoms with Crippen molar-refractivity contribution in [3.8, 4) is 23.0 Å². The first-order chi connectivity index (χ1) is 17.4. The lowest BCUT2D eigenvalue weighted by atomic mass is 9.95. The van der Waals surface area contributed by atoms with Crippen LogP contribution in [0.3, 0.4) is 0 Å². The minimum absolute atomic E-state index is 0.0653. The van der Waals surface area contributed by atoms with Gasteiger partial charge in [0.05, 0.1) is 30.9 Å². The fraction of sp³-hybridized carbons (Fsp3) is 0.185. The van der Waals surface area contributed by atoms with E-state index in [1.165, 1.54) is 18.1 Å². The molecular weight excluding hydrogens is 486 g/mol. The number of benzene rings is 3. The highest BCUT2D eigenvalue weighted by Gasteiger charge is 2.47. The van der Waals surface area contributed by atoms with Crippen molar-refractivity contribution < 1.29 is 33.6 Å². The maximum atomic E-state index is 13.4. The number of anilines is 1. The highest BCUT2D eigenvalue weighted by atomic mass is 35.5. The van der Waals surface area contributed by atoms with Crippen LogP contribution in [0.4, 0.5) is 5.69 Å². The zero-order chi connectivity index (χ0) is 25.4. The highest BCUT2D eigenvalue weighted by molar-refractivity contribution is 6.51. The first-order valence-corrected chi connectivity index (χ1v) is 11.5. The summed E-state index contributed by atoms with van der Waals surface area (Å²) in [6.45, 7) is 0.794. The van der Waals surface area contributed by atoms with Crippen molar-refractivity contribution in [1.82, 2.24) is 0 Å². The van der Waals surface area contributed by atoms with Crippen LogP contribution in [-0.2, 0) is 9.59 Å². The van der Waals surface area contributed by atoms with Crippen molar-refractivity contribution >= 4 is 34.7 Å². The molecule has 184 valence electrons. The van der Waals surface area contributed by atoms with E-state index in [9.17, 15) is 14.7 Å². The number of ether oxygens (including phenoxy) is 4. The van der Waals surface area contributed by atoms with Gasteiger partial charge in [-0.1, -0.05) is 23.7 Å². The first kappa shape index (κ1) is 23.6. The second-order valence-electron chi connectivity index (χ2n) is 8.12. The average Bonchev–Trinajstić information content (AvgIpc) is 3.18. The topological polar surface area (TPSA) is 94.5 Å². The van der Waals surface area contributed by atoms with E-state index < -0.39 is 17.7 Å². The van der Waals surface area contributed by atoms with Crippen LogP contribution in [0.1, 0.15) is 17.2 Å². The minimum Gasteiger partial charge on any atom is -0.507 e. The Morgan fingerprint density at radius 3 is 2.36 bits per heavy atom. The fourth-order valence-corrected chi connectivity index (χ4v) is 4.54. The van der Waals surface area contributed by atoms with E-state index in [2.05, 4.69) is 0 Å². The predicted molar refractivity (Wildman–Crippen MR) is 133 cm³/mol. The van der Waals surface area contributed by atoms with E-state index in [0.717, 1.165) is 0 Å². The molecule has 1 amide bonds. The standard InChI is InChI=1S/C27H22ClNO7/c1-33-18-7-3-15(4-8-18)24-23(25(30)16-5-9-19(28)21(13-16)34-2)26(31)27(32)29(24)17-6-10-20-22(14-17)36-12-11-35-20/h3-10,13-14,24,30H,11-12H2,1-2H3/b25-23+. The molecule has 5 rings (SSSR count). The van der Waals surface area contributed by atoms with Gasteiger partial charge >= 0.3 is 0 Å². The number of methoxy groups -OCH3 is 2. The number of halogens is 1. The SMILES string of the molecule is COc1ccc(C2/C(=C(\O)c3ccc(Cl)c(OC)c3)C(=O)C(=O)N2c2ccc3c(c2)OCCO3)cc1. The average molecular weight is 508 g/mol. The van der Waals surface area contributed by atoms with Crippen molar-refractivity contribution in [1.29, 1.82) is 0 Å². The number of aliphatic hydroxyl groups excluding tert-OH is 1. The van der Waals surface area contributed by atoms with Gasteiger partial charge in [-0.15, -0.1) is 0 Å². The molecule has 1 saturated heterocycles. The summed E-state index contributed by atoms with van der Waals surface area (Å²) in [6, 6.07) is 15.7. The van der Waals surface area contributed by atoms with Gasteiger partial charge in [0.25, 0.3) is 11.7 Å². The molecule has 0 aromatic heterocycles. The van der Waals surface area contributed by atoms with Gasteiger partial charge in [0.1, 0.15) is 30.5 Å². The third kappa shape index (κ3) is 3.99. The number of Topliss-reactive ketones (excluding diaryl/α,β-unsaturated/α-hetero) is 1. The van der Waals surface area contributed by atoms with Crippen LogP contribution in [0.25, 0.3) is 5.76 Å². The second kappa shape index (κ2) is 9.47. The van der Waals surface area contributed by atoms with Crippen LogP contribution in [0, 0.1) is 0 Å². The van der Waals surface area contributed by atoms with Crippen LogP contribution in [-0.4, -0.2) is 44.2 Å². The monoisotopic (exact) mass is 507 g/mol. The minimum atomic E-state index is -0.917. The molecule has 1 N–H and O–H groups in total. The summed E-state index contributed by atoms with van der Waals surface area (Å²) in [6.07, 6.45) is 0. The number of carbonyl (C=O) groups excluding carboxylic acids is 2. The van der Waals surface area contributed by atoms with Gasteiger partial charge in [0.2, 0.25) is 0 Å². The molecule has 9 heteroatoms. The molecule has 2 heterocycles. The maximum absolute atomic E-state index is 13.4. The number of carbonyl (C=O) groups is 2. The Balaban J connectivity index is 1.69. The molecule has 0 radical (unpaired) electrons. The quantitative estimate of drug-likeness (QED) is 0.302. The lowest BCUT2D eigenvalue weighted by Gasteiger charge is -2.27. The van der Waals surface area contributed by atoms with Crippen LogP contribution in [0.5, 0.6) is 23.0 Å². The Hall–Kier alpha value is -4.17. The first-order valence-electron chi connectivity index (χ1n) is 11.1. The summed E-state index contributed by atoms with van der Waals surface area (Å²) >= 11 is 6.14. The van der Waals surface area contributed by atoms with E-state index in [1.54, 1.807) is 61.7 Å². The number of amides is 1. The Morgan fingerprint density at radius 1 is 0.944 bits per heavy atom. The molecule has 3 aromatic rings. The van der Waals surface area contributed by atoms with Crippen LogP contribution in [0.15, 0.2) is 66.2 Å². The number of hydrogen-bond donors (Lipinski definition) is 1. The molecule has 1 atom stereocenters. The zero-order valence-corrected chi connectivity index (χ0v) is 20.2. The summed E-state index contributed by atoms with van der Waals surface area (Å²) in [5.41, 5.74) is 1.25. The summed E-state index contributed by atoms with van der Waals surface area (Å²) < 4.78 is 21.8. The van der Waals surface area contributed by atoms with E-state index in [4.69, 9.17) is 30.5 Å². The lowest BCUT2D eigenvalue weighted by molar-refractivity contribution is -0.132. The van der Waals surface area contributed by atoms with E-state index in [0.29, 0.717) is 52.5 Å². The van der Waals surface area contributed by atoms with E-state index in [1.807, 2.05) is 0 Å². The summed E-state index contributed by atoms with van der Waals surface area (Å²) in [5.74, 6) is 0.00364. The Bertz CT molecular complexity index is 1380. The molecule has 3 aromatic carbocycles. The van der Waals surface area contributed by atoms with Gasteiger partial charge in [-0.3, -0.25) is 14.5 Å². The number of fused-ring (bicyclic) bond motifs is 1. The van der Waals surface area contributed by atoms with Gasteiger partial charge in [0, 0.05) is 17.3 Å². The fourth-order valence-electron chi connectivity index (χ4n) is 4.34. The number of nitrogens with zero attached hydrogens (tertiary/aromatic N) is 1. The third-order valence-corrected chi connectivity index (χ3v) is 6.42. The molecule has 0 aliphatic carbocycles. The van der Waals surface area contributed by atoms with Gasteiger partial charge in [0.15, 0.2) is 11.5 Å². The van der Waals surface area contributed by atoms with Gasteiger partial charge < -0.3 is 24.1 Å². The van der Waals surface area contributed by atoms with E-state index >= 15 is 0 Å². The van der Waals surface area contributed by atoms with Crippen LogP contribution in [0.2, 0.25) is 5.02 Å². The normalized spacial score (nSPS) is 18.3. The smallest absolute Gasteiger partial charge is 0.300 e. The van der Waals surface area contributed by atoms with Crippen molar-refractivity contribution in [3.05, 3.63) is 82.4 Å². The largest absolute Gasteiger partial charge is 0.507 e. The number of ketones is 1. The van der Waals surface area contributed by atoms with Crippen molar-refractivity contribution in [3.63, 3.8) is 0 Å². The zero-order valence-electron chi connectivity index (χ0n) is 19.5. The number of rotatable bonds is 5. The summed E-state index contributed by atoms with van der Waals surface area (Å²) in [7, 11) is 2.99. The Kier molecular flexibility index (Phi) is 6.20. The molecule has 8 nitrogen and oxygen atoms in total. The lowest BCUT2D eigenvalue weighted by Crippen LogP contribution is -2.29. The second-order valence-corrected chi connectivity index (χ2v) is 8.53. The molecule has 2 aliphatic rings. The van der Waals surface area contributed by atoms with Crippen molar-refractivity contribution in [2.45, 2.75) is 6.04 Å². The maximum Gasteiger partial charge on any atom is 0.300 e. The summed E-state index contributed by atoms with van der Waals surface area (Å²) in [5, 5.41) is 11.7. The van der Waals surface area contributed by atoms with Gasteiger partial charge in [-0.25, -0.2) is 0 Å². The Morgan fingerprint density at radius 2 is 1.67 bits per heavy atom. The van der Waals surface area contributed by atoms with Crippen LogP contribution >= 0.6 is 11.6 Å². The highest BCUT2D eigenvalue weighted by Crippen LogP contribution is 2.45. The van der Waals surface area contributed by atoms with Gasteiger partial charge in [-0.2, -0.15) is 0 Å². The number of hydrogen-bond acceptors (Lipinski definition) is 7. The molecule has 0 saturated carbocycles. The molecule has 0 spiro atoms. The molecule has 0 bridgehead atoms. The molecule has 36 heavy (non-hydrogen) atoms. The third-order valence-electron chi connectivity index (χ3n) is 6.10. The van der Waals surface area contributed by atoms with Crippen molar-refractivity contribution in [2.75, 3.05) is 32.3 Å². The predicted octanol–water partition coefficient (Wildman–Crippen LogP) is 4.75. The van der Waals surface area contributed by atoms with Gasteiger partial charge in [-0.05, 0) is 48.0 Å². The van der Waals surface area contributed by atoms with E-state index in [-0.39, 0.29) is 16.9 Å². The number of aliphatic hydroxyl groups is 1. The molecule has 2 aliphatic heterocycles. The Labute approximate surface area is 212 Å².